The van der Waals surface area contributed by atoms with Crippen molar-refractivity contribution >= 4 is 39.3 Å². The third kappa shape index (κ3) is 5.03. The van der Waals surface area contributed by atoms with Crippen molar-refractivity contribution in [1.82, 2.24) is 5.32 Å². The molecule has 0 bridgehead atoms. The molecule has 21 heavy (non-hydrogen) atoms. The summed E-state index contributed by atoms with van der Waals surface area (Å²) in [6.07, 6.45) is 0. The molecule has 0 aliphatic rings. The maximum absolute atomic E-state index is 6.25. The van der Waals surface area contributed by atoms with Crippen LogP contribution >= 0.6 is 39.3 Å². The molecule has 112 valence electrons. The van der Waals surface area contributed by atoms with Crippen molar-refractivity contribution in [2.75, 3.05) is 6.54 Å². The number of nitrogens with one attached hydrogen (secondary N) is 1. The highest BCUT2D eigenvalue weighted by atomic mass is 79.9. The van der Waals surface area contributed by atoms with Gasteiger partial charge in [-0.25, -0.2) is 0 Å². The summed E-state index contributed by atoms with van der Waals surface area (Å²) in [7, 11) is 0. The zero-order valence-corrected chi connectivity index (χ0v) is 15.4. The third-order valence-corrected chi connectivity index (χ3v) is 5.21. The Bertz CT molecular complexity index is 586. The van der Waals surface area contributed by atoms with Gasteiger partial charge in [-0.3, -0.25) is 0 Å². The number of halogens is 2. The molecule has 0 fully saturated rings. The fourth-order valence-corrected chi connectivity index (χ4v) is 3.80. The van der Waals surface area contributed by atoms with Crippen LogP contribution in [0.25, 0.3) is 0 Å². The van der Waals surface area contributed by atoms with Crippen LogP contribution in [0, 0.1) is 0 Å². The van der Waals surface area contributed by atoms with Gasteiger partial charge in [0.2, 0.25) is 0 Å². The van der Waals surface area contributed by atoms with Crippen LogP contribution in [0.15, 0.2) is 51.8 Å². The zero-order valence-electron chi connectivity index (χ0n) is 12.2. The minimum atomic E-state index is 0.398. The number of thioether (sulfide) groups is 1. The highest BCUT2D eigenvalue weighted by Gasteiger charge is 2.05. The van der Waals surface area contributed by atoms with E-state index in [0.717, 1.165) is 27.4 Å². The molecule has 1 atom stereocenters. The second-order valence-electron chi connectivity index (χ2n) is 4.87. The highest BCUT2D eigenvalue weighted by Crippen LogP contribution is 2.29. The second kappa shape index (κ2) is 8.23. The van der Waals surface area contributed by atoms with Crippen LogP contribution in [0.3, 0.4) is 0 Å². The van der Waals surface area contributed by atoms with Crippen molar-refractivity contribution in [3.63, 3.8) is 0 Å². The lowest BCUT2D eigenvalue weighted by Crippen LogP contribution is -2.17. The Morgan fingerprint density at radius 3 is 2.52 bits per heavy atom. The van der Waals surface area contributed by atoms with E-state index >= 15 is 0 Å². The Morgan fingerprint density at radius 1 is 1.19 bits per heavy atom. The first kappa shape index (κ1) is 16.9. The third-order valence-electron chi connectivity index (χ3n) is 3.30. The van der Waals surface area contributed by atoms with Crippen LogP contribution in [-0.2, 0) is 5.75 Å². The standard InChI is InChI=1S/C17H19BrClNS/c1-3-20-12(2)13-5-8-16(9-6-13)21-11-14-4-7-15(18)10-17(14)19/h4-10,12,20H,3,11H2,1-2H3. The maximum atomic E-state index is 6.25. The van der Waals surface area contributed by atoms with Gasteiger partial charge in [-0.2, -0.15) is 0 Å². The molecule has 0 saturated carbocycles. The summed E-state index contributed by atoms with van der Waals surface area (Å²) in [4.78, 5) is 1.27. The van der Waals surface area contributed by atoms with Gasteiger partial charge in [-0.05, 0) is 48.9 Å². The van der Waals surface area contributed by atoms with Crippen LogP contribution in [0.1, 0.15) is 31.0 Å². The van der Waals surface area contributed by atoms with Gasteiger partial charge in [0.25, 0.3) is 0 Å². The van der Waals surface area contributed by atoms with E-state index in [-0.39, 0.29) is 0 Å². The predicted molar refractivity (Wildman–Crippen MR) is 97.2 cm³/mol. The van der Waals surface area contributed by atoms with Crippen LogP contribution in [0.2, 0.25) is 5.02 Å². The van der Waals surface area contributed by atoms with E-state index in [9.17, 15) is 0 Å². The monoisotopic (exact) mass is 383 g/mol. The molecule has 0 aliphatic heterocycles. The van der Waals surface area contributed by atoms with E-state index < -0.39 is 0 Å². The minimum Gasteiger partial charge on any atom is -0.310 e. The fourth-order valence-electron chi connectivity index (χ4n) is 2.08. The number of hydrogen-bond acceptors (Lipinski definition) is 2. The molecule has 4 heteroatoms. The molecule has 0 heterocycles. The average Bonchev–Trinajstić information content (AvgIpc) is 2.47. The van der Waals surface area contributed by atoms with Crippen LogP contribution < -0.4 is 5.32 Å². The Morgan fingerprint density at radius 2 is 1.90 bits per heavy atom. The number of hydrogen-bond donors (Lipinski definition) is 1. The first-order valence-corrected chi connectivity index (χ1v) is 9.16. The van der Waals surface area contributed by atoms with Crippen molar-refractivity contribution in [2.24, 2.45) is 0 Å². The average molecular weight is 385 g/mol. The molecule has 1 N–H and O–H groups in total. The SMILES string of the molecule is CCNC(C)c1ccc(SCc2ccc(Br)cc2Cl)cc1. The highest BCUT2D eigenvalue weighted by molar-refractivity contribution is 9.10. The smallest absolute Gasteiger partial charge is 0.0457 e. The van der Waals surface area contributed by atoms with Crippen LogP contribution in [-0.4, -0.2) is 6.54 Å². The van der Waals surface area contributed by atoms with Crippen molar-refractivity contribution in [1.29, 1.82) is 0 Å². The Balaban J connectivity index is 1.97. The first-order valence-electron chi connectivity index (χ1n) is 7.00. The van der Waals surface area contributed by atoms with E-state index in [2.05, 4.69) is 65.4 Å². The first-order chi connectivity index (χ1) is 10.1. The van der Waals surface area contributed by atoms with Crippen LogP contribution in [0.5, 0.6) is 0 Å². The molecule has 0 radical (unpaired) electrons. The summed E-state index contributed by atoms with van der Waals surface area (Å²) < 4.78 is 1.02. The van der Waals surface area contributed by atoms with Gasteiger partial charge < -0.3 is 5.32 Å². The number of rotatable bonds is 6. The quantitative estimate of drug-likeness (QED) is 0.607. The van der Waals surface area contributed by atoms with Gasteiger partial charge in [0.1, 0.15) is 0 Å². The minimum absolute atomic E-state index is 0.398. The van der Waals surface area contributed by atoms with Crippen molar-refractivity contribution in [2.45, 2.75) is 30.5 Å². The lowest BCUT2D eigenvalue weighted by atomic mass is 10.1. The van der Waals surface area contributed by atoms with Crippen molar-refractivity contribution < 1.29 is 0 Å². The lowest BCUT2D eigenvalue weighted by Gasteiger charge is -2.13. The Kier molecular flexibility index (Phi) is 6.62. The topological polar surface area (TPSA) is 12.0 Å². The predicted octanol–water partition coefficient (Wildman–Crippen LogP) is 6.07. The van der Waals surface area contributed by atoms with Crippen molar-refractivity contribution in [3.8, 4) is 0 Å². The van der Waals surface area contributed by atoms with E-state index in [0.29, 0.717) is 6.04 Å². The van der Waals surface area contributed by atoms with Crippen LogP contribution in [0.4, 0.5) is 0 Å². The Hall–Kier alpha value is -0.480. The normalized spacial score (nSPS) is 12.4. The van der Waals surface area contributed by atoms with E-state index in [4.69, 9.17) is 11.6 Å². The molecule has 0 amide bonds. The summed E-state index contributed by atoms with van der Waals surface area (Å²) in [5, 5.41) is 4.24. The molecule has 2 rings (SSSR count). The molecular formula is C17H19BrClNS. The summed E-state index contributed by atoms with van der Waals surface area (Å²) >= 11 is 11.5. The summed E-state index contributed by atoms with van der Waals surface area (Å²) in [6, 6.07) is 15.2. The van der Waals surface area contributed by atoms with Gasteiger partial charge >= 0.3 is 0 Å². The van der Waals surface area contributed by atoms with Gasteiger partial charge in [-0.15, -0.1) is 11.8 Å². The second-order valence-corrected chi connectivity index (χ2v) is 7.24. The summed E-state index contributed by atoms with van der Waals surface area (Å²) in [6.45, 7) is 5.30. The van der Waals surface area contributed by atoms with Gasteiger partial charge in [0.05, 0.1) is 0 Å². The molecule has 0 saturated heterocycles. The van der Waals surface area contributed by atoms with Gasteiger partial charge in [-0.1, -0.05) is 52.7 Å². The van der Waals surface area contributed by atoms with Crippen molar-refractivity contribution in [3.05, 3.63) is 63.1 Å². The molecule has 0 aliphatic carbocycles. The van der Waals surface area contributed by atoms with Gasteiger partial charge in [0.15, 0.2) is 0 Å². The largest absolute Gasteiger partial charge is 0.310 e. The van der Waals surface area contributed by atoms with Gasteiger partial charge in [0, 0.05) is 26.2 Å². The molecule has 1 unspecified atom stereocenters. The molecule has 0 spiro atoms. The van der Waals surface area contributed by atoms with E-state index in [1.165, 1.54) is 10.5 Å². The lowest BCUT2D eigenvalue weighted by molar-refractivity contribution is 0.598. The van der Waals surface area contributed by atoms with E-state index in [1.807, 2.05) is 23.9 Å². The molecule has 2 aromatic rings. The molecule has 0 aromatic heterocycles. The summed E-state index contributed by atoms with van der Waals surface area (Å²) in [5.41, 5.74) is 2.48. The maximum Gasteiger partial charge on any atom is 0.0457 e. The Labute approximate surface area is 144 Å². The zero-order chi connectivity index (χ0) is 15.2. The molecular weight excluding hydrogens is 366 g/mol. The van der Waals surface area contributed by atoms with E-state index in [1.54, 1.807) is 0 Å². The molecule has 1 nitrogen and oxygen atoms in total. The number of benzene rings is 2. The summed E-state index contributed by atoms with van der Waals surface area (Å²) in [5.74, 6) is 0.883. The molecule has 2 aromatic carbocycles. The fraction of sp³-hybridized carbons (Fsp3) is 0.294.